The normalized spacial score (nSPS) is 24.4. The number of hydrogen-bond donors (Lipinski definition) is 2. The molecule has 2 fully saturated rings. The minimum Gasteiger partial charge on any atom is -0.343 e. The molecule has 25 heavy (non-hydrogen) atoms. The van der Waals surface area contributed by atoms with Gasteiger partial charge in [0.2, 0.25) is 5.91 Å². The summed E-state index contributed by atoms with van der Waals surface area (Å²) in [5.41, 5.74) is 2.01. The number of para-hydroxylation sites is 2. The number of fused-ring (bicyclic) bond motifs is 3. The van der Waals surface area contributed by atoms with Crippen LogP contribution in [0.3, 0.4) is 0 Å². The van der Waals surface area contributed by atoms with Gasteiger partial charge in [-0.05, 0) is 37.8 Å². The molecule has 0 aliphatic carbocycles. The molecule has 0 radical (unpaired) electrons. The van der Waals surface area contributed by atoms with E-state index < -0.39 is 0 Å². The Labute approximate surface area is 160 Å². The minimum absolute atomic E-state index is 0. The molecule has 138 valence electrons. The van der Waals surface area contributed by atoms with Crippen molar-refractivity contribution in [3.05, 3.63) is 30.1 Å². The van der Waals surface area contributed by atoms with Crippen molar-refractivity contribution >= 4 is 41.8 Å². The molecule has 2 bridgehead atoms. The highest BCUT2D eigenvalue weighted by Crippen LogP contribution is 2.29. The lowest BCUT2D eigenvalue weighted by Gasteiger charge is -2.35. The Morgan fingerprint density at radius 1 is 1.20 bits per heavy atom. The van der Waals surface area contributed by atoms with Gasteiger partial charge in [-0.3, -0.25) is 4.79 Å². The molecule has 2 unspecified atom stereocenters. The van der Waals surface area contributed by atoms with Gasteiger partial charge in [0.25, 0.3) is 0 Å². The second kappa shape index (κ2) is 8.39. The summed E-state index contributed by atoms with van der Waals surface area (Å²) in [6.07, 6.45) is 5.93. The van der Waals surface area contributed by atoms with E-state index in [2.05, 4.69) is 15.3 Å². The maximum Gasteiger partial charge on any atom is 0.223 e. The maximum absolute atomic E-state index is 12.5. The summed E-state index contributed by atoms with van der Waals surface area (Å²) < 4.78 is 0. The van der Waals surface area contributed by atoms with Crippen molar-refractivity contribution in [2.45, 2.75) is 56.7 Å². The molecule has 2 atom stereocenters. The van der Waals surface area contributed by atoms with E-state index in [-0.39, 0.29) is 30.7 Å². The first-order chi connectivity index (χ1) is 11.2. The summed E-state index contributed by atoms with van der Waals surface area (Å²) in [5, 5.41) is 3.63. The maximum atomic E-state index is 12.5. The number of imidazole rings is 1. The lowest BCUT2D eigenvalue weighted by molar-refractivity contribution is -0.132. The van der Waals surface area contributed by atoms with Crippen LogP contribution in [-0.4, -0.2) is 45.9 Å². The number of amides is 1. The third-order valence-electron chi connectivity index (χ3n) is 5.40. The molecule has 1 aromatic heterocycles. The molecular weight excluding hydrogens is 359 g/mol. The van der Waals surface area contributed by atoms with Gasteiger partial charge >= 0.3 is 0 Å². The third-order valence-corrected chi connectivity index (χ3v) is 5.40. The van der Waals surface area contributed by atoms with Crippen molar-refractivity contribution in [2.24, 2.45) is 0 Å². The number of hydrogen-bond acceptors (Lipinski definition) is 3. The molecule has 5 nitrogen and oxygen atoms in total. The third kappa shape index (κ3) is 4.27. The zero-order valence-corrected chi connectivity index (χ0v) is 16.0. The number of carbonyl (C=O) groups excluding carboxylic acids is 1. The Morgan fingerprint density at radius 3 is 2.56 bits per heavy atom. The van der Waals surface area contributed by atoms with E-state index in [1.807, 2.05) is 36.2 Å². The van der Waals surface area contributed by atoms with Crippen LogP contribution in [0.15, 0.2) is 24.3 Å². The van der Waals surface area contributed by atoms with Crippen LogP contribution in [0.4, 0.5) is 0 Å². The molecular formula is C18H26Cl2N4O. The zero-order chi connectivity index (χ0) is 15.8. The quantitative estimate of drug-likeness (QED) is 0.851. The number of aromatic amines is 1. The Bertz CT molecular complexity index is 675. The average molecular weight is 385 g/mol. The number of carbonyl (C=O) groups is 1. The van der Waals surface area contributed by atoms with Crippen LogP contribution in [-0.2, 0) is 11.2 Å². The number of rotatable bonds is 4. The van der Waals surface area contributed by atoms with E-state index >= 15 is 0 Å². The van der Waals surface area contributed by atoms with Crippen LogP contribution < -0.4 is 5.32 Å². The van der Waals surface area contributed by atoms with Crippen LogP contribution in [0.25, 0.3) is 11.0 Å². The Balaban J connectivity index is 0.00000113. The number of aryl methyl sites for hydroxylation is 1. The summed E-state index contributed by atoms with van der Waals surface area (Å²) >= 11 is 0. The topological polar surface area (TPSA) is 61.0 Å². The van der Waals surface area contributed by atoms with Crippen molar-refractivity contribution in [2.75, 3.05) is 7.05 Å². The highest BCUT2D eigenvalue weighted by molar-refractivity contribution is 5.85. The van der Waals surface area contributed by atoms with Crippen LogP contribution >= 0.6 is 24.8 Å². The lowest BCUT2D eigenvalue weighted by atomic mass is 9.98. The number of piperidine rings is 1. The predicted octanol–water partition coefficient (Wildman–Crippen LogP) is 3.08. The van der Waals surface area contributed by atoms with Crippen molar-refractivity contribution in [1.29, 1.82) is 0 Å². The Morgan fingerprint density at radius 2 is 1.88 bits per heavy atom. The SMILES string of the molecule is CN(C(=O)CCc1nc2ccccc2[nH]1)C1CC2CCC(C1)N2.Cl.Cl. The fraction of sp³-hybridized carbons (Fsp3) is 0.556. The van der Waals surface area contributed by atoms with Gasteiger partial charge in [-0.25, -0.2) is 4.98 Å². The van der Waals surface area contributed by atoms with E-state index in [1.54, 1.807) is 0 Å². The first-order valence-electron chi connectivity index (χ1n) is 8.64. The van der Waals surface area contributed by atoms with E-state index in [0.717, 1.165) is 29.7 Å². The number of nitrogens with one attached hydrogen (secondary N) is 2. The molecule has 2 N–H and O–H groups in total. The smallest absolute Gasteiger partial charge is 0.223 e. The molecule has 7 heteroatoms. The van der Waals surface area contributed by atoms with Crippen LogP contribution in [0, 0.1) is 0 Å². The summed E-state index contributed by atoms with van der Waals surface area (Å²) in [6.45, 7) is 0. The molecule has 2 aliphatic rings. The molecule has 0 saturated carbocycles. The summed E-state index contributed by atoms with van der Waals surface area (Å²) in [6, 6.07) is 9.62. The number of nitrogens with zero attached hydrogens (tertiary/aromatic N) is 2. The number of halogens is 2. The van der Waals surface area contributed by atoms with Crippen molar-refractivity contribution in [3.63, 3.8) is 0 Å². The van der Waals surface area contributed by atoms with E-state index in [1.165, 1.54) is 12.8 Å². The largest absolute Gasteiger partial charge is 0.343 e. The first kappa shape index (κ1) is 20.0. The molecule has 2 aliphatic heterocycles. The van der Waals surface area contributed by atoms with Gasteiger partial charge in [0, 0.05) is 38.0 Å². The monoisotopic (exact) mass is 384 g/mol. The standard InChI is InChI=1S/C18H24N4O.2ClH/c1-22(14-10-12-6-7-13(11-14)19-12)18(23)9-8-17-20-15-4-2-3-5-16(15)21-17;;/h2-5,12-14,19H,6-11H2,1H3,(H,20,21);2*1H. The van der Waals surface area contributed by atoms with Crippen LogP contribution in [0.2, 0.25) is 0 Å². The molecule has 4 rings (SSSR count). The minimum atomic E-state index is 0. The van der Waals surface area contributed by atoms with Crippen molar-refractivity contribution in [1.82, 2.24) is 20.2 Å². The van der Waals surface area contributed by atoms with E-state index in [4.69, 9.17) is 0 Å². The number of benzene rings is 1. The highest BCUT2D eigenvalue weighted by atomic mass is 35.5. The summed E-state index contributed by atoms with van der Waals surface area (Å²) in [7, 11) is 1.97. The van der Waals surface area contributed by atoms with Gasteiger partial charge < -0.3 is 15.2 Å². The van der Waals surface area contributed by atoms with Crippen molar-refractivity contribution in [3.8, 4) is 0 Å². The molecule has 0 spiro atoms. The van der Waals surface area contributed by atoms with Gasteiger partial charge in [-0.1, -0.05) is 12.1 Å². The molecule has 1 amide bonds. The fourth-order valence-electron chi connectivity index (χ4n) is 4.07. The van der Waals surface area contributed by atoms with Gasteiger partial charge in [-0.2, -0.15) is 0 Å². The second-order valence-electron chi connectivity index (χ2n) is 6.97. The molecule has 2 aromatic rings. The van der Waals surface area contributed by atoms with E-state index in [9.17, 15) is 4.79 Å². The summed E-state index contributed by atoms with van der Waals surface area (Å²) in [4.78, 5) is 22.4. The Kier molecular flexibility index (Phi) is 6.72. The molecule has 3 heterocycles. The van der Waals surface area contributed by atoms with Crippen LogP contribution in [0.5, 0.6) is 0 Å². The van der Waals surface area contributed by atoms with Crippen molar-refractivity contribution < 1.29 is 4.79 Å². The number of H-pyrrole nitrogens is 1. The highest BCUT2D eigenvalue weighted by Gasteiger charge is 2.36. The Hall–Kier alpha value is -1.30. The first-order valence-corrected chi connectivity index (χ1v) is 8.64. The van der Waals surface area contributed by atoms with Gasteiger partial charge in [0.05, 0.1) is 11.0 Å². The number of aromatic nitrogens is 2. The van der Waals surface area contributed by atoms with Gasteiger partial charge in [0.15, 0.2) is 0 Å². The van der Waals surface area contributed by atoms with E-state index in [0.29, 0.717) is 31.0 Å². The fourth-order valence-corrected chi connectivity index (χ4v) is 4.07. The summed E-state index contributed by atoms with van der Waals surface area (Å²) in [5.74, 6) is 1.13. The lowest BCUT2D eigenvalue weighted by Crippen LogP contribution is -2.48. The molecule has 1 aromatic carbocycles. The second-order valence-corrected chi connectivity index (χ2v) is 6.97. The van der Waals surface area contributed by atoms with Gasteiger partial charge in [-0.15, -0.1) is 24.8 Å². The molecule has 2 saturated heterocycles. The van der Waals surface area contributed by atoms with Gasteiger partial charge in [0.1, 0.15) is 5.82 Å². The average Bonchev–Trinajstić information content (AvgIpc) is 3.14. The van der Waals surface area contributed by atoms with Crippen LogP contribution in [0.1, 0.15) is 37.9 Å². The zero-order valence-electron chi connectivity index (χ0n) is 14.4. The predicted molar refractivity (Wildman–Crippen MR) is 105 cm³/mol.